The molecule has 4 heterocycles. The van der Waals surface area contributed by atoms with E-state index in [1.807, 2.05) is 18.2 Å². The van der Waals surface area contributed by atoms with Crippen molar-refractivity contribution < 1.29 is 0 Å². The van der Waals surface area contributed by atoms with Gasteiger partial charge in [-0.1, -0.05) is 0 Å². The van der Waals surface area contributed by atoms with Gasteiger partial charge in [-0.3, -0.25) is 19.4 Å². The zero-order chi connectivity index (χ0) is 16.8. The number of fused-ring (bicyclic) bond motifs is 2. The summed E-state index contributed by atoms with van der Waals surface area (Å²) >= 11 is 0. The number of aromatic nitrogens is 7. The normalized spacial score (nSPS) is 11.4. The predicted octanol–water partition coefficient (Wildman–Crippen LogP) is 2.05. The third-order valence-electron chi connectivity index (χ3n) is 4.12. The van der Waals surface area contributed by atoms with Crippen LogP contribution in [-0.4, -0.2) is 34.7 Å². The van der Waals surface area contributed by atoms with Crippen molar-refractivity contribution in [3.05, 3.63) is 65.9 Å². The van der Waals surface area contributed by atoms with Crippen LogP contribution in [0.2, 0.25) is 0 Å². The number of H-pyrrole nitrogens is 2. The number of aromatic amines is 2. The largest absolute Gasteiger partial charge is 0.345 e. The molecule has 4 aromatic heterocycles. The molecule has 5 aromatic rings. The minimum absolute atomic E-state index is 0.228. The van der Waals surface area contributed by atoms with E-state index >= 15 is 0 Å². The summed E-state index contributed by atoms with van der Waals surface area (Å²) in [7, 11) is 0. The van der Waals surface area contributed by atoms with Crippen molar-refractivity contribution in [2.75, 3.05) is 0 Å². The molecule has 0 spiro atoms. The summed E-state index contributed by atoms with van der Waals surface area (Å²) in [5.41, 5.74) is 4.66. The lowest BCUT2D eigenvalue weighted by Gasteiger charge is -2.10. The van der Waals surface area contributed by atoms with Crippen LogP contribution in [0.5, 0.6) is 0 Å². The van der Waals surface area contributed by atoms with E-state index in [0.29, 0.717) is 11.0 Å². The topological polar surface area (TPSA) is 105 Å². The summed E-state index contributed by atoms with van der Waals surface area (Å²) in [6, 6.07) is 5.60. The van der Waals surface area contributed by atoms with E-state index in [4.69, 9.17) is 0 Å². The molecule has 1 aromatic carbocycles. The van der Waals surface area contributed by atoms with Crippen LogP contribution in [0.15, 0.2) is 60.3 Å². The van der Waals surface area contributed by atoms with Crippen molar-refractivity contribution in [1.82, 2.24) is 34.7 Å². The van der Waals surface area contributed by atoms with Crippen molar-refractivity contribution in [2.45, 2.75) is 0 Å². The molecule has 120 valence electrons. The van der Waals surface area contributed by atoms with Crippen molar-refractivity contribution in [2.24, 2.45) is 0 Å². The second-order valence-corrected chi connectivity index (χ2v) is 5.56. The molecule has 0 saturated carbocycles. The third kappa shape index (κ3) is 2.04. The molecule has 0 atom stereocenters. The molecule has 8 nitrogen and oxygen atoms in total. The van der Waals surface area contributed by atoms with E-state index < -0.39 is 0 Å². The number of hydrogen-bond donors (Lipinski definition) is 2. The highest BCUT2D eigenvalue weighted by Gasteiger charge is 2.14. The van der Waals surface area contributed by atoms with E-state index in [1.54, 1.807) is 35.7 Å². The first-order valence-electron chi connectivity index (χ1n) is 7.60. The van der Waals surface area contributed by atoms with Gasteiger partial charge in [0.25, 0.3) is 5.56 Å². The monoisotopic (exact) mass is 329 g/mol. The molecule has 0 aliphatic carbocycles. The van der Waals surface area contributed by atoms with Gasteiger partial charge in [0.1, 0.15) is 5.52 Å². The first-order valence-corrected chi connectivity index (χ1v) is 7.60. The van der Waals surface area contributed by atoms with Gasteiger partial charge in [0.2, 0.25) is 0 Å². The van der Waals surface area contributed by atoms with Crippen molar-refractivity contribution in [3.8, 4) is 16.8 Å². The summed E-state index contributed by atoms with van der Waals surface area (Å²) in [5, 5.41) is 6.78. The van der Waals surface area contributed by atoms with Crippen LogP contribution >= 0.6 is 0 Å². The molecule has 0 bridgehead atoms. The second kappa shape index (κ2) is 5.10. The minimum Gasteiger partial charge on any atom is -0.345 e. The highest BCUT2D eigenvalue weighted by molar-refractivity contribution is 5.90. The van der Waals surface area contributed by atoms with E-state index in [-0.39, 0.29) is 5.56 Å². The van der Waals surface area contributed by atoms with Gasteiger partial charge in [-0.2, -0.15) is 5.10 Å². The lowest BCUT2D eigenvalue weighted by Crippen LogP contribution is -2.19. The maximum atomic E-state index is 12.9. The van der Waals surface area contributed by atoms with Crippen molar-refractivity contribution in [1.29, 1.82) is 0 Å². The molecule has 2 N–H and O–H groups in total. The average molecular weight is 329 g/mol. The molecule has 0 saturated heterocycles. The molecule has 0 amide bonds. The molecule has 0 radical (unpaired) electrons. The van der Waals surface area contributed by atoms with E-state index in [0.717, 1.165) is 27.8 Å². The Morgan fingerprint density at radius 1 is 1.04 bits per heavy atom. The van der Waals surface area contributed by atoms with E-state index in [9.17, 15) is 4.79 Å². The number of hydrogen-bond acceptors (Lipinski definition) is 5. The Hall–Kier alpha value is -3.81. The van der Waals surface area contributed by atoms with Gasteiger partial charge in [-0.25, -0.2) is 9.97 Å². The zero-order valence-electron chi connectivity index (χ0n) is 12.8. The van der Waals surface area contributed by atoms with Crippen molar-refractivity contribution >= 4 is 22.1 Å². The predicted molar refractivity (Wildman–Crippen MR) is 92.4 cm³/mol. The molecular weight excluding hydrogens is 318 g/mol. The number of imidazole rings is 1. The molecule has 8 heteroatoms. The van der Waals surface area contributed by atoms with Gasteiger partial charge in [0.15, 0.2) is 5.52 Å². The van der Waals surface area contributed by atoms with Crippen LogP contribution in [0, 0.1) is 0 Å². The Kier molecular flexibility index (Phi) is 2.78. The van der Waals surface area contributed by atoms with Crippen LogP contribution < -0.4 is 5.56 Å². The minimum atomic E-state index is -0.228. The van der Waals surface area contributed by atoms with Gasteiger partial charge in [0.05, 0.1) is 29.2 Å². The Balaban J connectivity index is 1.86. The Labute approximate surface area is 140 Å². The molecule has 0 aliphatic heterocycles. The first kappa shape index (κ1) is 13.6. The SMILES string of the molecule is O=c1c2nccnc2c(-c2cn[nH]c2)cn1-c1ccc2nc[nH]c2c1. The fourth-order valence-corrected chi connectivity index (χ4v) is 2.93. The number of nitrogens with one attached hydrogen (secondary N) is 2. The highest BCUT2D eigenvalue weighted by atomic mass is 16.1. The van der Waals surface area contributed by atoms with Gasteiger partial charge < -0.3 is 4.98 Å². The smallest absolute Gasteiger partial charge is 0.283 e. The maximum absolute atomic E-state index is 12.9. The summed E-state index contributed by atoms with van der Waals surface area (Å²) < 4.78 is 1.57. The van der Waals surface area contributed by atoms with Gasteiger partial charge >= 0.3 is 0 Å². The standard InChI is InChI=1S/C17H11N7O/c25-17-16-15(18-3-4-19-16)12(10-6-22-23-7-10)8-24(17)11-1-2-13-14(5-11)21-9-20-13/h1-9H,(H,20,21)(H,22,23). The molecule has 25 heavy (non-hydrogen) atoms. The quantitative estimate of drug-likeness (QED) is 0.515. The van der Waals surface area contributed by atoms with Gasteiger partial charge in [-0.15, -0.1) is 0 Å². The molecule has 0 aliphatic rings. The fraction of sp³-hybridized carbons (Fsp3) is 0. The third-order valence-corrected chi connectivity index (χ3v) is 4.12. The average Bonchev–Trinajstić information content (AvgIpc) is 3.33. The zero-order valence-corrected chi connectivity index (χ0v) is 12.8. The summed E-state index contributed by atoms with van der Waals surface area (Å²) in [4.78, 5) is 28.8. The van der Waals surface area contributed by atoms with Crippen LogP contribution in [0.4, 0.5) is 0 Å². The molecule has 0 fully saturated rings. The Bertz CT molecular complexity index is 1270. The van der Waals surface area contributed by atoms with Crippen LogP contribution in [0.1, 0.15) is 0 Å². The summed E-state index contributed by atoms with van der Waals surface area (Å²) in [6.07, 6.45) is 9.94. The first-order chi connectivity index (χ1) is 12.3. The number of benzene rings is 1. The molecular formula is C17H11N7O. The Morgan fingerprint density at radius 2 is 1.92 bits per heavy atom. The van der Waals surface area contributed by atoms with Crippen LogP contribution in [-0.2, 0) is 0 Å². The van der Waals surface area contributed by atoms with Crippen LogP contribution in [0.3, 0.4) is 0 Å². The van der Waals surface area contributed by atoms with Crippen LogP contribution in [0.25, 0.3) is 38.9 Å². The van der Waals surface area contributed by atoms with Gasteiger partial charge in [-0.05, 0) is 18.2 Å². The highest BCUT2D eigenvalue weighted by Crippen LogP contribution is 2.25. The fourth-order valence-electron chi connectivity index (χ4n) is 2.93. The maximum Gasteiger partial charge on any atom is 0.283 e. The van der Waals surface area contributed by atoms with Gasteiger partial charge in [0, 0.05) is 35.9 Å². The number of nitrogens with zero attached hydrogens (tertiary/aromatic N) is 5. The van der Waals surface area contributed by atoms with Crippen molar-refractivity contribution in [3.63, 3.8) is 0 Å². The lowest BCUT2D eigenvalue weighted by molar-refractivity contribution is 0.999. The molecule has 0 unspecified atom stereocenters. The van der Waals surface area contributed by atoms with E-state index in [1.165, 1.54) is 6.20 Å². The Morgan fingerprint density at radius 3 is 2.76 bits per heavy atom. The number of rotatable bonds is 2. The van der Waals surface area contributed by atoms with E-state index in [2.05, 4.69) is 30.1 Å². The number of pyridine rings is 1. The molecule has 5 rings (SSSR count). The summed E-state index contributed by atoms with van der Waals surface area (Å²) in [5.74, 6) is 0. The summed E-state index contributed by atoms with van der Waals surface area (Å²) in [6.45, 7) is 0. The lowest BCUT2D eigenvalue weighted by atomic mass is 10.1. The second-order valence-electron chi connectivity index (χ2n) is 5.56.